The fourth-order valence-corrected chi connectivity index (χ4v) is 4.04. The fraction of sp³-hybridized carbons (Fsp3) is 0.381. The van der Waals surface area contributed by atoms with Crippen LogP contribution in [0.2, 0.25) is 0 Å². The lowest BCUT2D eigenvalue weighted by Crippen LogP contribution is -2.39. The van der Waals surface area contributed by atoms with E-state index in [0.717, 1.165) is 37.1 Å². The van der Waals surface area contributed by atoms with Crippen LogP contribution in [0.25, 0.3) is 11.0 Å². The van der Waals surface area contributed by atoms with Crippen LogP contribution in [0.15, 0.2) is 48.8 Å². The second kappa shape index (κ2) is 7.56. The Hall–Kier alpha value is -2.24. The lowest BCUT2D eigenvalue weighted by molar-refractivity contribution is 0.0972. The van der Waals surface area contributed by atoms with Gasteiger partial charge in [-0.15, -0.1) is 0 Å². The van der Waals surface area contributed by atoms with E-state index in [1.54, 1.807) is 6.07 Å². The van der Waals surface area contributed by atoms with Gasteiger partial charge in [-0.1, -0.05) is 12.1 Å². The van der Waals surface area contributed by atoms with E-state index < -0.39 is 6.10 Å². The van der Waals surface area contributed by atoms with Crippen molar-refractivity contribution in [3.8, 4) is 0 Å². The molecule has 1 aliphatic heterocycles. The quantitative estimate of drug-likeness (QED) is 0.738. The Morgan fingerprint density at radius 3 is 2.88 bits per heavy atom. The van der Waals surface area contributed by atoms with Crippen LogP contribution >= 0.6 is 0 Å². The average molecular weight is 353 g/mol. The summed E-state index contributed by atoms with van der Waals surface area (Å²) in [5.74, 6) is 0.285. The minimum Gasteiger partial charge on any atom is -0.391 e. The largest absolute Gasteiger partial charge is 0.391 e. The predicted octanol–water partition coefficient (Wildman–Crippen LogP) is 3.49. The smallest absolute Gasteiger partial charge is 0.137 e. The zero-order valence-electron chi connectivity index (χ0n) is 14.7. The molecule has 0 bridgehead atoms. The van der Waals surface area contributed by atoms with Crippen molar-refractivity contribution in [1.82, 2.24) is 14.9 Å². The molecule has 2 N–H and O–H groups in total. The summed E-state index contributed by atoms with van der Waals surface area (Å²) in [5.41, 5.74) is 3.15. The molecule has 1 fully saturated rings. The first-order valence-corrected chi connectivity index (χ1v) is 9.26. The van der Waals surface area contributed by atoms with Gasteiger partial charge >= 0.3 is 0 Å². The topological polar surface area (TPSA) is 52.1 Å². The molecule has 136 valence electrons. The van der Waals surface area contributed by atoms with Crippen LogP contribution in [0, 0.1) is 5.82 Å². The molecular weight excluding hydrogens is 329 g/mol. The van der Waals surface area contributed by atoms with Gasteiger partial charge in [-0.05, 0) is 73.7 Å². The Morgan fingerprint density at radius 1 is 1.23 bits per heavy atom. The third kappa shape index (κ3) is 3.79. The maximum Gasteiger partial charge on any atom is 0.137 e. The van der Waals surface area contributed by atoms with Crippen molar-refractivity contribution in [2.75, 3.05) is 19.6 Å². The monoisotopic (exact) mass is 353 g/mol. The molecule has 1 aromatic carbocycles. The van der Waals surface area contributed by atoms with Gasteiger partial charge in [0.2, 0.25) is 0 Å². The number of pyridine rings is 1. The van der Waals surface area contributed by atoms with E-state index in [9.17, 15) is 9.50 Å². The van der Waals surface area contributed by atoms with Crippen molar-refractivity contribution >= 4 is 11.0 Å². The highest BCUT2D eigenvalue weighted by atomic mass is 19.1. The van der Waals surface area contributed by atoms with E-state index in [-0.39, 0.29) is 5.82 Å². The van der Waals surface area contributed by atoms with E-state index >= 15 is 0 Å². The summed E-state index contributed by atoms with van der Waals surface area (Å²) in [6.07, 6.45) is 6.09. The zero-order valence-corrected chi connectivity index (χ0v) is 14.7. The molecule has 1 unspecified atom stereocenters. The van der Waals surface area contributed by atoms with Crippen LogP contribution in [0.4, 0.5) is 4.39 Å². The maximum absolute atomic E-state index is 13.3. The van der Waals surface area contributed by atoms with Crippen LogP contribution in [-0.4, -0.2) is 45.7 Å². The number of halogens is 1. The minimum absolute atomic E-state index is 0.247. The van der Waals surface area contributed by atoms with Crippen LogP contribution in [0.5, 0.6) is 0 Å². The zero-order chi connectivity index (χ0) is 17.9. The predicted molar refractivity (Wildman–Crippen MR) is 101 cm³/mol. The summed E-state index contributed by atoms with van der Waals surface area (Å²) in [4.78, 5) is 9.95. The molecule has 3 aromatic rings. The fourth-order valence-electron chi connectivity index (χ4n) is 4.04. The Labute approximate surface area is 152 Å². The number of hydrogen-bond acceptors (Lipinski definition) is 3. The molecule has 2 aromatic heterocycles. The molecule has 5 heteroatoms. The lowest BCUT2D eigenvalue weighted by Gasteiger charge is -2.33. The van der Waals surface area contributed by atoms with Gasteiger partial charge in [0.25, 0.3) is 0 Å². The molecule has 0 spiro atoms. The highest BCUT2D eigenvalue weighted by Gasteiger charge is 2.24. The number of benzene rings is 1. The van der Waals surface area contributed by atoms with E-state index in [2.05, 4.69) is 27.1 Å². The molecule has 0 aliphatic carbocycles. The van der Waals surface area contributed by atoms with Crippen molar-refractivity contribution in [3.63, 3.8) is 0 Å². The third-order valence-electron chi connectivity index (χ3n) is 5.34. The first-order valence-electron chi connectivity index (χ1n) is 9.26. The van der Waals surface area contributed by atoms with Crippen LogP contribution in [0.3, 0.4) is 0 Å². The molecular formula is C21H24FN3O. The minimum atomic E-state index is -0.467. The molecule has 1 saturated heterocycles. The normalized spacial score (nSPS) is 17.6. The van der Waals surface area contributed by atoms with Gasteiger partial charge < -0.3 is 15.0 Å². The van der Waals surface area contributed by atoms with Gasteiger partial charge in [0.15, 0.2) is 0 Å². The lowest BCUT2D eigenvalue weighted by atomic mass is 9.89. The first kappa shape index (κ1) is 17.2. The highest BCUT2D eigenvalue weighted by Crippen LogP contribution is 2.32. The second-order valence-electron chi connectivity index (χ2n) is 7.21. The number of nitrogens with zero attached hydrogens (tertiary/aromatic N) is 2. The molecule has 3 heterocycles. The number of hydrogen-bond donors (Lipinski definition) is 2. The number of rotatable bonds is 5. The summed E-state index contributed by atoms with van der Waals surface area (Å²) in [5, 5.41) is 11.6. The van der Waals surface area contributed by atoms with Gasteiger partial charge in [-0.25, -0.2) is 9.37 Å². The summed E-state index contributed by atoms with van der Waals surface area (Å²) in [7, 11) is 0. The first-order chi connectivity index (χ1) is 12.7. The van der Waals surface area contributed by atoms with E-state index in [0.29, 0.717) is 18.9 Å². The average Bonchev–Trinajstić information content (AvgIpc) is 3.06. The molecule has 1 atom stereocenters. The number of nitrogens with one attached hydrogen (secondary N) is 1. The Morgan fingerprint density at radius 2 is 2.08 bits per heavy atom. The molecule has 4 nitrogen and oxygen atoms in total. The Balaban J connectivity index is 1.32. The summed E-state index contributed by atoms with van der Waals surface area (Å²) in [6, 6.07) is 10.6. The molecule has 4 rings (SSSR count). The number of β-amino-alcohol motifs (C(OH)–C–C–N with tert-alkyl or cyclic N) is 1. The number of H-pyrrole nitrogens is 1. The second-order valence-corrected chi connectivity index (χ2v) is 7.21. The van der Waals surface area contributed by atoms with Crippen LogP contribution in [-0.2, 0) is 6.42 Å². The highest BCUT2D eigenvalue weighted by molar-refractivity contribution is 5.80. The van der Waals surface area contributed by atoms with Gasteiger partial charge in [0.1, 0.15) is 11.5 Å². The van der Waals surface area contributed by atoms with E-state index in [4.69, 9.17) is 0 Å². The standard InChI is InChI=1S/C21H24FN3O/c22-17-4-1-3-15(11-17)12-18(26)14-25-9-6-16(7-10-25)20-13-24-21-19(20)5-2-8-23-21/h1-5,8,11,13,16,18,26H,6-7,9-10,12,14H2,(H,23,24). The Bertz CT molecular complexity index is 870. The molecule has 0 saturated carbocycles. The third-order valence-corrected chi connectivity index (χ3v) is 5.34. The number of aliphatic hydroxyl groups is 1. The van der Waals surface area contributed by atoms with Crippen molar-refractivity contribution in [1.29, 1.82) is 0 Å². The maximum atomic E-state index is 13.3. The van der Waals surface area contributed by atoms with E-state index in [1.807, 2.05) is 18.3 Å². The summed E-state index contributed by atoms with van der Waals surface area (Å²) >= 11 is 0. The number of aliphatic hydroxyl groups excluding tert-OH is 1. The number of aromatic nitrogens is 2. The van der Waals surface area contributed by atoms with Crippen molar-refractivity contribution < 1.29 is 9.50 Å². The number of likely N-dealkylation sites (tertiary alicyclic amines) is 1. The number of fused-ring (bicyclic) bond motifs is 1. The molecule has 0 radical (unpaired) electrons. The Kier molecular flexibility index (Phi) is 5.00. The summed E-state index contributed by atoms with van der Waals surface area (Å²) in [6.45, 7) is 2.58. The number of aromatic amines is 1. The van der Waals surface area contributed by atoms with Crippen molar-refractivity contribution in [2.45, 2.75) is 31.3 Å². The van der Waals surface area contributed by atoms with Gasteiger partial charge in [-0.2, -0.15) is 0 Å². The van der Waals surface area contributed by atoms with E-state index in [1.165, 1.54) is 23.1 Å². The van der Waals surface area contributed by atoms with Crippen molar-refractivity contribution in [3.05, 3.63) is 65.7 Å². The van der Waals surface area contributed by atoms with Crippen LogP contribution in [0.1, 0.15) is 29.9 Å². The molecule has 26 heavy (non-hydrogen) atoms. The van der Waals surface area contributed by atoms with Crippen LogP contribution < -0.4 is 0 Å². The number of piperidine rings is 1. The summed E-state index contributed by atoms with van der Waals surface area (Å²) < 4.78 is 13.3. The van der Waals surface area contributed by atoms with Gasteiger partial charge in [0.05, 0.1) is 6.10 Å². The molecule has 1 aliphatic rings. The molecule has 0 amide bonds. The van der Waals surface area contributed by atoms with Crippen molar-refractivity contribution in [2.24, 2.45) is 0 Å². The van der Waals surface area contributed by atoms with Gasteiger partial charge in [0, 0.05) is 24.3 Å². The van der Waals surface area contributed by atoms with Gasteiger partial charge in [-0.3, -0.25) is 0 Å². The SMILES string of the molecule is OC(Cc1cccc(F)c1)CN1CCC(c2c[nH]c3ncccc23)CC1.